The van der Waals surface area contributed by atoms with Crippen LogP contribution in [-0.4, -0.2) is 34.0 Å². The number of rotatable bonds is 4. The maximum atomic E-state index is 13.1. The first-order valence-corrected chi connectivity index (χ1v) is 9.05. The number of aliphatic carboxylic acids is 1. The van der Waals surface area contributed by atoms with E-state index < -0.39 is 11.5 Å². The fourth-order valence-corrected chi connectivity index (χ4v) is 4.43. The van der Waals surface area contributed by atoms with Gasteiger partial charge < -0.3 is 10.0 Å². The van der Waals surface area contributed by atoms with Gasteiger partial charge in [0.1, 0.15) is 5.54 Å². The highest BCUT2D eigenvalue weighted by atomic mass is 32.1. The lowest BCUT2D eigenvalue weighted by Crippen LogP contribution is -2.67. The first kappa shape index (κ1) is 15.8. The van der Waals surface area contributed by atoms with Crippen LogP contribution < -0.4 is 0 Å². The number of nitrogens with zero attached hydrogens (tertiary/aromatic N) is 1. The van der Waals surface area contributed by atoms with Crippen molar-refractivity contribution in [2.75, 3.05) is 6.54 Å². The topological polar surface area (TPSA) is 57.6 Å². The van der Waals surface area contributed by atoms with Crippen LogP contribution in [0.1, 0.15) is 22.3 Å². The van der Waals surface area contributed by atoms with Crippen molar-refractivity contribution in [2.45, 2.75) is 18.4 Å². The van der Waals surface area contributed by atoms with E-state index >= 15 is 0 Å². The van der Waals surface area contributed by atoms with Crippen LogP contribution in [0.3, 0.4) is 0 Å². The molecule has 1 saturated heterocycles. The van der Waals surface area contributed by atoms with Crippen molar-refractivity contribution in [3.05, 3.63) is 71.1 Å². The Bertz CT molecular complexity index is 950. The number of carbonyl (C=O) groups excluding carboxylic acids is 1. The van der Waals surface area contributed by atoms with Crippen LogP contribution in [0.4, 0.5) is 0 Å². The number of thiophene rings is 1. The smallest absolute Gasteiger partial charge is 0.330 e. The minimum atomic E-state index is -1.15. The fourth-order valence-electron chi connectivity index (χ4n) is 3.49. The zero-order valence-electron chi connectivity index (χ0n) is 13.5. The van der Waals surface area contributed by atoms with Crippen LogP contribution in [0.15, 0.2) is 60.0 Å². The van der Waals surface area contributed by atoms with Crippen molar-refractivity contribution >= 4 is 33.3 Å². The molecule has 0 bridgehead atoms. The van der Waals surface area contributed by atoms with E-state index in [-0.39, 0.29) is 5.91 Å². The number of likely N-dealkylation sites (tertiary alicyclic amines) is 1. The quantitative estimate of drug-likeness (QED) is 0.777. The van der Waals surface area contributed by atoms with E-state index in [1.165, 1.54) is 16.2 Å². The number of hydrogen-bond acceptors (Lipinski definition) is 3. The molecule has 2 heterocycles. The Morgan fingerprint density at radius 1 is 1.08 bits per heavy atom. The summed E-state index contributed by atoms with van der Waals surface area (Å²) in [6.45, 7) is 0.474. The van der Waals surface area contributed by atoms with Gasteiger partial charge in [-0.1, -0.05) is 48.5 Å². The molecule has 0 aliphatic carbocycles. The van der Waals surface area contributed by atoms with Gasteiger partial charge in [0.05, 0.1) is 5.56 Å². The predicted octanol–water partition coefficient (Wildman–Crippen LogP) is 3.81. The zero-order chi connectivity index (χ0) is 17.4. The molecule has 126 valence electrons. The molecule has 4 rings (SSSR count). The van der Waals surface area contributed by atoms with E-state index in [1.807, 2.05) is 60.0 Å². The SMILES string of the molecule is O=C(c1csc2ccccc12)N1CCC1(Cc1ccccc1)C(=O)O. The molecule has 1 unspecified atom stereocenters. The molecule has 1 N–H and O–H groups in total. The molecule has 1 aromatic heterocycles. The third-order valence-corrected chi connectivity index (χ3v) is 5.92. The van der Waals surface area contributed by atoms with Gasteiger partial charge >= 0.3 is 5.97 Å². The van der Waals surface area contributed by atoms with Gasteiger partial charge in [-0.05, 0) is 18.1 Å². The number of carboxylic acid groups (broad SMARTS) is 1. The summed E-state index contributed by atoms with van der Waals surface area (Å²) < 4.78 is 1.04. The molecule has 1 aliphatic heterocycles. The number of carbonyl (C=O) groups is 2. The lowest BCUT2D eigenvalue weighted by molar-refractivity contribution is -0.157. The van der Waals surface area contributed by atoms with Crippen LogP contribution in [0, 0.1) is 0 Å². The third-order valence-electron chi connectivity index (χ3n) is 4.96. The third kappa shape index (κ3) is 2.51. The normalized spacial score (nSPS) is 19.6. The first-order valence-electron chi connectivity index (χ1n) is 8.17. The highest BCUT2D eigenvalue weighted by Crippen LogP contribution is 2.38. The van der Waals surface area contributed by atoms with Gasteiger partial charge in [0.25, 0.3) is 5.91 Å². The Morgan fingerprint density at radius 2 is 1.80 bits per heavy atom. The van der Waals surface area contributed by atoms with Gasteiger partial charge in [0.15, 0.2) is 0 Å². The molecular weight excluding hydrogens is 334 g/mol. The molecule has 0 spiro atoms. The molecule has 3 aromatic rings. The number of amides is 1. The second-order valence-electron chi connectivity index (χ2n) is 6.35. The van der Waals surface area contributed by atoms with E-state index in [9.17, 15) is 14.7 Å². The largest absolute Gasteiger partial charge is 0.479 e. The minimum absolute atomic E-state index is 0.193. The van der Waals surface area contributed by atoms with Crippen LogP contribution in [0.25, 0.3) is 10.1 Å². The van der Waals surface area contributed by atoms with Gasteiger partial charge in [-0.25, -0.2) is 4.79 Å². The molecule has 0 saturated carbocycles. The van der Waals surface area contributed by atoms with E-state index in [4.69, 9.17) is 0 Å². The van der Waals surface area contributed by atoms with Crippen molar-refractivity contribution in [2.24, 2.45) is 0 Å². The average Bonchev–Trinajstić information content (AvgIpc) is 3.03. The lowest BCUT2D eigenvalue weighted by atomic mass is 9.78. The molecule has 1 atom stereocenters. The van der Waals surface area contributed by atoms with Crippen molar-refractivity contribution in [3.63, 3.8) is 0 Å². The molecule has 1 aliphatic rings. The van der Waals surface area contributed by atoms with Gasteiger partial charge in [0.2, 0.25) is 0 Å². The predicted molar refractivity (Wildman–Crippen MR) is 98.0 cm³/mol. The standard InChI is InChI=1S/C20H17NO3S/c22-18(16-13-25-17-9-5-4-8-15(16)17)21-11-10-20(21,19(23)24)12-14-6-2-1-3-7-14/h1-9,13H,10-12H2,(H,23,24). The summed E-state index contributed by atoms with van der Waals surface area (Å²) in [5, 5.41) is 12.6. The monoisotopic (exact) mass is 351 g/mol. The minimum Gasteiger partial charge on any atom is -0.479 e. The average molecular weight is 351 g/mol. The van der Waals surface area contributed by atoms with Crippen LogP contribution in [-0.2, 0) is 11.2 Å². The van der Waals surface area contributed by atoms with E-state index in [2.05, 4.69) is 0 Å². The fraction of sp³-hybridized carbons (Fsp3) is 0.200. The summed E-state index contributed by atoms with van der Waals surface area (Å²) in [5.74, 6) is -1.13. The first-order chi connectivity index (χ1) is 12.1. The van der Waals surface area contributed by atoms with Crippen molar-refractivity contribution in [1.82, 2.24) is 4.90 Å². The molecular formula is C20H17NO3S. The molecule has 5 heteroatoms. The Morgan fingerprint density at radius 3 is 2.48 bits per heavy atom. The highest BCUT2D eigenvalue weighted by Gasteiger charge is 2.53. The van der Waals surface area contributed by atoms with Crippen LogP contribution in [0.5, 0.6) is 0 Å². The molecule has 1 fully saturated rings. The molecule has 1 amide bonds. The number of carboxylic acids is 1. The summed E-state index contributed by atoms with van der Waals surface area (Å²) >= 11 is 1.51. The van der Waals surface area contributed by atoms with Gasteiger partial charge in [-0.15, -0.1) is 11.3 Å². The lowest BCUT2D eigenvalue weighted by Gasteiger charge is -2.49. The van der Waals surface area contributed by atoms with Crippen LogP contribution >= 0.6 is 11.3 Å². The Labute approximate surface area is 149 Å². The highest BCUT2D eigenvalue weighted by molar-refractivity contribution is 7.17. The second kappa shape index (κ2) is 6.01. The Kier molecular flexibility index (Phi) is 3.81. The number of fused-ring (bicyclic) bond motifs is 1. The van der Waals surface area contributed by atoms with E-state index in [1.54, 1.807) is 0 Å². The maximum absolute atomic E-state index is 13.1. The molecule has 4 nitrogen and oxygen atoms in total. The van der Waals surface area contributed by atoms with Gasteiger partial charge in [0, 0.05) is 28.4 Å². The van der Waals surface area contributed by atoms with E-state index in [0.717, 1.165) is 15.6 Å². The van der Waals surface area contributed by atoms with Gasteiger partial charge in [-0.2, -0.15) is 0 Å². The summed E-state index contributed by atoms with van der Waals surface area (Å²) in [6.07, 6.45) is 0.808. The Hall–Kier alpha value is -2.66. The van der Waals surface area contributed by atoms with Crippen molar-refractivity contribution < 1.29 is 14.7 Å². The summed E-state index contributed by atoms with van der Waals surface area (Å²) in [7, 11) is 0. The summed E-state index contributed by atoms with van der Waals surface area (Å²) in [5.41, 5.74) is 0.373. The molecule has 25 heavy (non-hydrogen) atoms. The number of benzene rings is 2. The van der Waals surface area contributed by atoms with Crippen molar-refractivity contribution in [3.8, 4) is 0 Å². The summed E-state index contributed by atoms with van der Waals surface area (Å²) in [4.78, 5) is 26.7. The number of hydrogen-bond donors (Lipinski definition) is 1. The molecule has 0 radical (unpaired) electrons. The maximum Gasteiger partial charge on any atom is 0.330 e. The van der Waals surface area contributed by atoms with Crippen LogP contribution in [0.2, 0.25) is 0 Å². The van der Waals surface area contributed by atoms with Gasteiger partial charge in [-0.3, -0.25) is 4.79 Å². The van der Waals surface area contributed by atoms with E-state index in [0.29, 0.717) is 24.9 Å². The Balaban J connectivity index is 1.69. The van der Waals surface area contributed by atoms with Crippen molar-refractivity contribution in [1.29, 1.82) is 0 Å². The summed E-state index contributed by atoms with van der Waals surface area (Å²) in [6, 6.07) is 17.2. The zero-order valence-corrected chi connectivity index (χ0v) is 14.3. The molecule has 2 aromatic carbocycles. The second-order valence-corrected chi connectivity index (χ2v) is 7.26.